The molecule has 0 radical (unpaired) electrons. The predicted molar refractivity (Wildman–Crippen MR) is 169 cm³/mol. The van der Waals surface area contributed by atoms with Gasteiger partial charge in [-0.15, -0.1) is 0 Å². The van der Waals surface area contributed by atoms with Gasteiger partial charge < -0.3 is 14.8 Å². The van der Waals surface area contributed by atoms with Crippen LogP contribution >= 0.6 is 21.6 Å². The third kappa shape index (κ3) is 8.59. The fraction of sp³-hybridized carbons (Fsp3) is 0.394. The zero-order chi connectivity index (χ0) is 26.7. The molecular weight excluding hydrogens is 507 g/mol. The molecule has 0 aliphatic rings. The molecule has 2 atom stereocenters. The highest BCUT2D eigenvalue weighted by Gasteiger charge is 2.19. The lowest BCUT2D eigenvalue weighted by molar-refractivity contribution is 0.311. The Morgan fingerprint density at radius 2 is 1.11 bits per heavy atom. The van der Waals surface area contributed by atoms with Crippen LogP contribution in [0.3, 0.4) is 0 Å². The number of fused-ring (bicyclic) bond motifs is 2. The summed E-state index contributed by atoms with van der Waals surface area (Å²) in [7, 11) is 3.89. The van der Waals surface area contributed by atoms with Crippen LogP contribution in [0, 0.1) is 5.92 Å². The van der Waals surface area contributed by atoms with E-state index in [0.717, 1.165) is 24.5 Å². The van der Waals surface area contributed by atoms with Gasteiger partial charge >= 0.3 is 0 Å². The molecule has 0 saturated carbocycles. The first-order chi connectivity index (χ1) is 18.5. The molecular formula is C33H41NO2S2. The summed E-state index contributed by atoms with van der Waals surface area (Å²) in [6.07, 6.45) is 2.33. The highest BCUT2D eigenvalue weighted by Crippen LogP contribution is 2.36. The smallest absolute Gasteiger partial charge is 0.127 e. The first kappa shape index (κ1) is 28.7. The largest absolute Gasteiger partial charge is 0.492 e. The van der Waals surface area contributed by atoms with Crippen LogP contribution in [-0.2, 0) is 0 Å². The highest BCUT2D eigenvalue weighted by atomic mass is 33.1. The average Bonchev–Trinajstić information content (AvgIpc) is 2.93. The van der Waals surface area contributed by atoms with E-state index in [1.807, 2.05) is 21.6 Å². The Balaban J connectivity index is 1.41. The maximum atomic E-state index is 6.44. The number of hydrogen-bond acceptors (Lipinski definition) is 5. The summed E-state index contributed by atoms with van der Waals surface area (Å²) < 4.78 is 12.9. The van der Waals surface area contributed by atoms with Crippen LogP contribution in [-0.4, -0.2) is 36.3 Å². The van der Waals surface area contributed by atoms with Gasteiger partial charge in [-0.25, -0.2) is 0 Å². The second kappa shape index (κ2) is 14.7. The molecule has 0 aliphatic heterocycles. The van der Waals surface area contributed by atoms with Gasteiger partial charge in [0.1, 0.15) is 24.7 Å². The van der Waals surface area contributed by atoms with Gasteiger partial charge in [-0.2, -0.15) is 0 Å². The van der Waals surface area contributed by atoms with Crippen LogP contribution in [0.5, 0.6) is 11.5 Å². The number of ether oxygens (including phenoxy) is 2. The van der Waals surface area contributed by atoms with Gasteiger partial charge in [0.25, 0.3) is 0 Å². The lowest BCUT2D eigenvalue weighted by Crippen LogP contribution is -2.33. The summed E-state index contributed by atoms with van der Waals surface area (Å²) in [5, 5.41) is 9.13. The first-order valence-corrected chi connectivity index (χ1v) is 16.0. The minimum absolute atomic E-state index is 0.320. The van der Waals surface area contributed by atoms with Crippen molar-refractivity contribution in [3.63, 3.8) is 0 Å². The summed E-state index contributed by atoms with van der Waals surface area (Å²) >= 11 is 0. The Hall–Kier alpha value is -2.34. The molecule has 2 unspecified atom stereocenters. The Labute approximate surface area is 236 Å². The Kier molecular flexibility index (Phi) is 11.1. The van der Waals surface area contributed by atoms with Crippen molar-refractivity contribution in [2.45, 2.75) is 57.1 Å². The van der Waals surface area contributed by atoms with E-state index in [4.69, 9.17) is 9.47 Å². The van der Waals surface area contributed by atoms with Crippen LogP contribution in [0.2, 0.25) is 0 Å². The third-order valence-corrected chi connectivity index (χ3v) is 9.79. The van der Waals surface area contributed by atoms with Crippen LogP contribution in [0.1, 0.15) is 40.5 Å². The highest BCUT2D eigenvalue weighted by molar-refractivity contribution is 8.77. The van der Waals surface area contributed by atoms with Crippen molar-refractivity contribution in [3.05, 3.63) is 84.9 Å². The molecule has 0 saturated heterocycles. The van der Waals surface area contributed by atoms with Crippen molar-refractivity contribution in [2.75, 3.05) is 19.8 Å². The lowest BCUT2D eigenvalue weighted by atomic mass is 10.1. The van der Waals surface area contributed by atoms with Crippen LogP contribution in [0.15, 0.2) is 84.9 Å². The summed E-state index contributed by atoms with van der Waals surface area (Å²) in [5.41, 5.74) is 0. The molecule has 0 amide bonds. The molecule has 5 heteroatoms. The molecule has 202 valence electrons. The van der Waals surface area contributed by atoms with Gasteiger partial charge in [-0.3, -0.25) is 0 Å². The molecule has 0 aliphatic carbocycles. The SMILES string of the molecule is CC(C)CCC(COc1cccc2ccccc12)SSC(CNC(C)C)COc1cccc2ccccc12. The second-order valence-corrected chi connectivity index (χ2v) is 13.4. The maximum absolute atomic E-state index is 6.44. The first-order valence-electron chi connectivity index (χ1n) is 13.8. The Morgan fingerprint density at radius 3 is 1.66 bits per heavy atom. The van der Waals surface area contributed by atoms with Gasteiger partial charge in [0.2, 0.25) is 0 Å². The molecule has 4 aromatic rings. The van der Waals surface area contributed by atoms with Gasteiger partial charge in [-0.1, -0.05) is 122 Å². The van der Waals surface area contributed by atoms with Crippen molar-refractivity contribution in [1.29, 1.82) is 0 Å². The molecule has 0 aromatic heterocycles. The second-order valence-electron chi connectivity index (χ2n) is 10.5. The zero-order valence-corrected chi connectivity index (χ0v) is 24.7. The topological polar surface area (TPSA) is 30.5 Å². The van der Waals surface area contributed by atoms with Gasteiger partial charge in [0.15, 0.2) is 0 Å². The normalized spacial score (nSPS) is 13.3. The van der Waals surface area contributed by atoms with Crippen molar-refractivity contribution in [2.24, 2.45) is 5.92 Å². The molecule has 4 rings (SSSR count). The lowest BCUT2D eigenvalue weighted by Gasteiger charge is -2.23. The van der Waals surface area contributed by atoms with Gasteiger partial charge in [-0.05, 0) is 41.7 Å². The van der Waals surface area contributed by atoms with E-state index < -0.39 is 0 Å². The molecule has 0 fully saturated rings. The van der Waals surface area contributed by atoms with E-state index >= 15 is 0 Å². The summed E-state index contributed by atoms with van der Waals surface area (Å²) in [5.74, 6) is 2.60. The molecule has 1 N–H and O–H groups in total. The minimum atomic E-state index is 0.320. The fourth-order valence-electron chi connectivity index (χ4n) is 4.33. The van der Waals surface area contributed by atoms with E-state index in [0.29, 0.717) is 35.7 Å². The summed E-state index contributed by atoms with van der Waals surface area (Å²) in [6, 6.07) is 29.9. The van der Waals surface area contributed by atoms with Gasteiger partial charge in [0, 0.05) is 28.6 Å². The number of nitrogens with one attached hydrogen (secondary N) is 1. The monoisotopic (exact) mass is 547 g/mol. The molecule has 0 spiro atoms. The minimum Gasteiger partial charge on any atom is -0.492 e. The third-order valence-electron chi connectivity index (χ3n) is 6.50. The van der Waals surface area contributed by atoms with Crippen LogP contribution in [0.25, 0.3) is 21.5 Å². The molecule has 3 nitrogen and oxygen atoms in total. The van der Waals surface area contributed by atoms with E-state index in [1.165, 1.54) is 28.0 Å². The molecule has 0 heterocycles. The van der Waals surface area contributed by atoms with Crippen molar-refractivity contribution in [1.82, 2.24) is 5.32 Å². The predicted octanol–water partition coefficient (Wildman–Crippen LogP) is 9.00. The zero-order valence-electron chi connectivity index (χ0n) is 23.1. The van der Waals surface area contributed by atoms with Crippen LogP contribution < -0.4 is 14.8 Å². The quantitative estimate of drug-likeness (QED) is 0.150. The van der Waals surface area contributed by atoms with E-state index in [1.54, 1.807) is 0 Å². The Bertz CT molecular complexity index is 1170. The van der Waals surface area contributed by atoms with E-state index in [-0.39, 0.29) is 0 Å². The molecule has 38 heavy (non-hydrogen) atoms. The van der Waals surface area contributed by atoms with Crippen molar-refractivity contribution >= 4 is 43.1 Å². The fourth-order valence-corrected chi connectivity index (χ4v) is 7.06. The van der Waals surface area contributed by atoms with Crippen LogP contribution in [0.4, 0.5) is 0 Å². The summed E-state index contributed by atoms with van der Waals surface area (Å²) in [6.45, 7) is 11.3. The van der Waals surface area contributed by atoms with E-state index in [9.17, 15) is 0 Å². The van der Waals surface area contributed by atoms with Gasteiger partial charge in [0.05, 0.1) is 5.25 Å². The van der Waals surface area contributed by atoms with Crippen molar-refractivity contribution in [3.8, 4) is 11.5 Å². The number of hydrogen-bond donors (Lipinski definition) is 1. The summed E-state index contributed by atoms with van der Waals surface area (Å²) in [4.78, 5) is 0. The van der Waals surface area contributed by atoms with E-state index in [2.05, 4.69) is 118 Å². The standard InChI is InChI=1S/C33H41NO2S2/c1-24(2)19-20-28(22-35-32-17-9-13-26-11-5-7-15-30(26)32)37-38-29(21-34-25(3)4)23-36-33-18-10-14-27-12-6-8-16-31(27)33/h5-18,24-25,28-29,34H,19-23H2,1-4H3. The molecule has 0 bridgehead atoms. The molecule has 4 aromatic carbocycles. The Morgan fingerprint density at radius 1 is 0.605 bits per heavy atom. The number of rotatable bonds is 15. The average molecular weight is 548 g/mol. The number of benzene rings is 4. The maximum Gasteiger partial charge on any atom is 0.127 e. The van der Waals surface area contributed by atoms with Crippen molar-refractivity contribution < 1.29 is 9.47 Å².